The molecule has 1 heterocycles. The van der Waals surface area contributed by atoms with Crippen molar-refractivity contribution in [3.63, 3.8) is 0 Å². The molecule has 20 heavy (non-hydrogen) atoms. The standard InChI is InChI=1S/C14H19N3O3/c1-9-4-5-12(6-13(9)17(19)20)14(18)16-8-10(2)15-7-11(16)3/h4-6,10-11,15H,7-8H2,1-3H3. The molecule has 1 aromatic rings. The molecule has 1 aliphatic rings. The minimum absolute atomic E-state index is 0.00770. The number of rotatable bonds is 2. The van der Waals surface area contributed by atoms with Crippen LogP contribution in [-0.4, -0.2) is 40.9 Å². The lowest BCUT2D eigenvalue weighted by molar-refractivity contribution is -0.385. The van der Waals surface area contributed by atoms with E-state index in [1.54, 1.807) is 24.0 Å². The smallest absolute Gasteiger partial charge is 0.273 e. The molecule has 0 aromatic heterocycles. The third kappa shape index (κ3) is 2.80. The van der Waals surface area contributed by atoms with Crippen LogP contribution in [0.15, 0.2) is 18.2 Å². The molecule has 0 aliphatic carbocycles. The van der Waals surface area contributed by atoms with Crippen molar-refractivity contribution in [2.75, 3.05) is 13.1 Å². The van der Waals surface area contributed by atoms with Crippen molar-refractivity contribution in [3.05, 3.63) is 39.4 Å². The summed E-state index contributed by atoms with van der Waals surface area (Å²) in [5.41, 5.74) is 0.934. The van der Waals surface area contributed by atoms with E-state index in [0.717, 1.165) is 6.54 Å². The molecule has 2 atom stereocenters. The number of nitrogens with zero attached hydrogens (tertiary/aromatic N) is 2. The van der Waals surface area contributed by atoms with Crippen LogP contribution in [0.3, 0.4) is 0 Å². The summed E-state index contributed by atoms with van der Waals surface area (Å²) in [5.74, 6) is -0.144. The number of carbonyl (C=O) groups excluding carboxylic acids is 1. The van der Waals surface area contributed by atoms with Gasteiger partial charge in [0.15, 0.2) is 0 Å². The Balaban J connectivity index is 2.29. The van der Waals surface area contributed by atoms with E-state index in [4.69, 9.17) is 0 Å². The van der Waals surface area contributed by atoms with Crippen molar-refractivity contribution in [2.24, 2.45) is 0 Å². The van der Waals surface area contributed by atoms with Crippen molar-refractivity contribution in [2.45, 2.75) is 32.9 Å². The van der Waals surface area contributed by atoms with Gasteiger partial charge in [0.1, 0.15) is 0 Å². The van der Waals surface area contributed by atoms with Gasteiger partial charge in [-0.3, -0.25) is 14.9 Å². The number of nitro groups is 1. The number of benzene rings is 1. The lowest BCUT2D eigenvalue weighted by atomic mass is 10.1. The molecule has 0 radical (unpaired) electrons. The largest absolute Gasteiger partial charge is 0.333 e. The van der Waals surface area contributed by atoms with Gasteiger partial charge < -0.3 is 10.2 Å². The van der Waals surface area contributed by atoms with Crippen LogP contribution in [0.4, 0.5) is 5.69 Å². The van der Waals surface area contributed by atoms with Gasteiger partial charge in [0.05, 0.1) is 4.92 Å². The number of hydrogen-bond acceptors (Lipinski definition) is 4. The fraction of sp³-hybridized carbons (Fsp3) is 0.500. The monoisotopic (exact) mass is 277 g/mol. The number of piperazine rings is 1. The molecule has 1 aromatic carbocycles. The van der Waals surface area contributed by atoms with Crippen molar-refractivity contribution in [1.82, 2.24) is 10.2 Å². The Hall–Kier alpha value is -1.95. The number of aryl methyl sites for hydroxylation is 1. The van der Waals surface area contributed by atoms with Crippen LogP contribution in [-0.2, 0) is 0 Å². The van der Waals surface area contributed by atoms with Gasteiger partial charge in [-0.05, 0) is 26.8 Å². The molecule has 0 saturated carbocycles. The van der Waals surface area contributed by atoms with Gasteiger partial charge in [-0.2, -0.15) is 0 Å². The molecule has 1 fully saturated rings. The highest BCUT2D eigenvalue weighted by Gasteiger charge is 2.28. The maximum absolute atomic E-state index is 12.5. The molecule has 0 bridgehead atoms. The zero-order chi connectivity index (χ0) is 14.9. The summed E-state index contributed by atoms with van der Waals surface area (Å²) >= 11 is 0. The van der Waals surface area contributed by atoms with E-state index in [1.807, 2.05) is 13.8 Å². The van der Waals surface area contributed by atoms with Crippen LogP contribution >= 0.6 is 0 Å². The highest BCUT2D eigenvalue weighted by molar-refractivity contribution is 5.95. The van der Waals surface area contributed by atoms with Gasteiger partial charge >= 0.3 is 0 Å². The van der Waals surface area contributed by atoms with Gasteiger partial charge in [-0.15, -0.1) is 0 Å². The molecular formula is C14H19N3O3. The van der Waals surface area contributed by atoms with E-state index in [-0.39, 0.29) is 23.7 Å². The van der Waals surface area contributed by atoms with Crippen LogP contribution in [0.25, 0.3) is 0 Å². The topological polar surface area (TPSA) is 75.5 Å². The Bertz CT molecular complexity index is 544. The molecule has 6 nitrogen and oxygen atoms in total. The predicted molar refractivity (Wildman–Crippen MR) is 75.8 cm³/mol. The minimum atomic E-state index is -0.448. The molecule has 1 N–H and O–H groups in total. The number of carbonyl (C=O) groups is 1. The quantitative estimate of drug-likeness (QED) is 0.659. The van der Waals surface area contributed by atoms with E-state index in [9.17, 15) is 14.9 Å². The average molecular weight is 277 g/mol. The Kier molecular flexibility index (Phi) is 4.04. The van der Waals surface area contributed by atoms with Crippen LogP contribution in [0.1, 0.15) is 29.8 Å². The summed E-state index contributed by atoms with van der Waals surface area (Å²) < 4.78 is 0. The summed E-state index contributed by atoms with van der Waals surface area (Å²) in [5, 5.41) is 14.3. The number of nitrogens with one attached hydrogen (secondary N) is 1. The van der Waals surface area contributed by atoms with E-state index in [2.05, 4.69) is 5.32 Å². The molecular weight excluding hydrogens is 258 g/mol. The fourth-order valence-electron chi connectivity index (χ4n) is 2.41. The molecule has 1 aliphatic heterocycles. The van der Waals surface area contributed by atoms with Crippen molar-refractivity contribution in [3.8, 4) is 0 Å². The van der Waals surface area contributed by atoms with Gasteiger partial charge in [0.2, 0.25) is 0 Å². The molecule has 1 saturated heterocycles. The summed E-state index contributed by atoms with van der Waals surface area (Å²) in [6, 6.07) is 4.97. The van der Waals surface area contributed by atoms with Crippen LogP contribution in [0.5, 0.6) is 0 Å². The fourth-order valence-corrected chi connectivity index (χ4v) is 2.41. The maximum Gasteiger partial charge on any atom is 0.273 e. The Labute approximate surface area is 117 Å². The second kappa shape index (κ2) is 5.58. The van der Waals surface area contributed by atoms with Gasteiger partial charge in [-0.1, -0.05) is 6.07 Å². The van der Waals surface area contributed by atoms with Crippen molar-refractivity contribution < 1.29 is 9.72 Å². The molecule has 108 valence electrons. The van der Waals surface area contributed by atoms with Crippen LogP contribution < -0.4 is 5.32 Å². The zero-order valence-corrected chi connectivity index (χ0v) is 11.9. The van der Waals surface area contributed by atoms with E-state index in [0.29, 0.717) is 17.7 Å². The number of nitro benzene ring substituents is 1. The summed E-state index contributed by atoms with van der Waals surface area (Å²) in [7, 11) is 0. The predicted octanol–water partition coefficient (Wildman–Crippen LogP) is 1.73. The van der Waals surface area contributed by atoms with Crippen molar-refractivity contribution in [1.29, 1.82) is 0 Å². The summed E-state index contributed by atoms with van der Waals surface area (Å²) in [4.78, 5) is 24.8. The first-order chi connectivity index (χ1) is 9.40. The molecule has 2 rings (SSSR count). The van der Waals surface area contributed by atoms with E-state index in [1.165, 1.54) is 6.07 Å². The normalized spacial score (nSPS) is 22.6. The molecule has 2 unspecified atom stereocenters. The lowest BCUT2D eigenvalue weighted by Crippen LogP contribution is -2.56. The Morgan fingerprint density at radius 2 is 2.15 bits per heavy atom. The van der Waals surface area contributed by atoms with Crippen LogP contribution in [0, 0.1) is 17.0 Å². The highest BCUT2D eigenvalue weighted by Crippen LogP contribution is 2.21. The minimum Gasteiger partial charge on any atom is -0.333 e. The first kappa shape index (κ1) is 14.5. The average Bonchev–Trinajstić information content (AvgIpc) is 2.41. The SMILES string of the molecule is Cc1ccc(C(=O)N2CC(C)NCC2C)cc1[N+](=O)[O-]. The van der Waals surface area contributed by atoms with Gasteiger partial charge in [0.25, 0.3) is 11.6 Å². The highest BCUT2D eigenvalue weighted by atomic mass is 16.6. The third-order valence-electron chi connectivity index (χ3n) is 3.68. The van der Waals surface area contributed by atoms with E-state index >= 15 is 0 Å². The van der Waals surface area contributed by atoms with E-state index < -0.39 is 4.92 Å². The maximum atomic E-state index is 12.5. The van der Waals surface area contributed by atoms with Crippen LogP contribution in [0.2, 0.25) is 0 Å². The lowest BCUT2D eigenvalue weighted by Gasteiger charge is -2.37. The van der Waals surface area contributed by atoms with Gasteiger partial charge in [-0.25, -0.2) is 0 Å². The Morgan fingerprint density at radius 3 is 2.80 bits per heavy atom. The molecule has 6 heteroatoms. The number of hydrogen-bond donors (Lipinski definition) is 1. The molecule has 1 amide bonds. The first-order valence-corrected chi connectivity index (χ1v) is 6.69. The van der Waals surface area contributed by atoms with Crippen molar-refractivity contribution >= 4 is 11.6 Å². The van der Waals surface area contributed by atoms with Gasteiger partial charge in [0, 0.05) is 42.4 Å². The zero-order valence-electron chi connectivity index (χ0n) is 11.9. The number of amides is 1. The summed E-state index contributed by atoms with van der Waals surface area (Å²) in [6.07, 6.45) is 0. The second-order valence-electron chi connectivity index (χ2n) is 5.37. The third-order valence-corrected chi connectivity index (χ3v) is 3.68. The second-order valence-corrected chi connectivity index (χ2v) is 5.37. The first-order valence-electron chi connectivity index (χ1n) is 6.69. The Morgan fingerprint density at radius 1 is 1.45 bits per heavy atom. The summed E-state index contributed by atoms with van der Waals surface area (Å²) in [6.45, 7) is 7.01. The molecule has 0 spiro atoms.